The Morgan fingerprint density at radius 1 is 0.526 bits per heavy atom. The van der Waals surface area contributed by atoms with Crippen LogP contribution in [0, 0.1) is 0 Å². The van der Waals surface area contributed by atoms with Crippen molar-refractivity contribution in [3.8, 4) is 0 Å². The minimum absolute atomic E-state index is 0.0311. The minimum atomic E-state index is -4.41. The van der Waals surface area contributed by atoms with Gasteiger partial charge in [-0.25, -0.2) is 4.57 Å². The van der Waals surface area contributed by atoms with Gasteiger partial charge in [-0.1, -0.05) is 149 Å². The molecule has 0 saturated carbocycles. The maximum Gasteiger partial charge on any atom is 0.472 e. The highest BCUT2D eigenvalue weighted by Crippen LogP contribution is 2.43. The number of esters is 2. The first-order chi connectivity index (χ1) is 27.8. The van der Waals surface area contributed by atoms with E-state index in [4.69, 9.17) is 24.3 Å². The van der Waals surface area contributed by atoms with Crippen LogP contribution in [0.1, 0.15) is 142 Å². The standard InChI is InChI=1S/C47H76NO8P/c1-3-5-7-9-11-13-15-17-19-21-22-24-26-28-30-32-34-36-38-40-47(50)56-45(44-55-57(51,52)54-42-41-48)43-53-46(49)39-37-35-33-31-29-27-25-23-20-18-16-14-12-10-8-6-4-2/h8,10-11,13-14,16-17,19-20,22-24,27-30,34,36,45H,3-7,9,12,15,18,21,25-26,31-33,35,37-44,48H2,1-2H3,(H,51,52)/b10-8+,13-11+,16-14+,19-17+,23-20+,24-22+,29-27+,30-28+,36-34+/t45-/m1/s1. The molecule has 2 atom stereocenters. The third kappa shape index (κ3) is 42.1. The van der Waals surface area contributed by atoms with E-state index < -0.39 is 32.5 Å². The van der Waals surface area contributed by atoms with Gasteiger partial charge in [-0.05, 0) is 89.9 Å². The number of allylic oxidation sites excluding steroid dienone is 18. The summed E-state index contributed by atoms with van der Waals surface area (Å²) in [6.07, 6.45) is 55.6. The van der Waals surface area contributed by atoms with Crippen molar-refractivity contribution in [3.05, 3.63) is 109 Å². The van der Waals surface area contributed by atoms with Crippen LogP contribution in [-0.2, 0) is 32.7 Å². The van der Waals surface area contributed by atoms with Crippen molar-refractivity contribution in [1.82, 2.24) is 0 Å². The summed E-state index contributed by atoms with van der Waals surface area (Å²) in [7, 11) is -4.41. The quantitative estimate of drug-likeness (QED) is 0.0270. The van der Waals surface area contributed by atoms with Crippen molar-refractivity contribution in [1.29, 1.82) is 0 Å². The second-order valence-electron chi connectivity index (χ2n) is 13.5. The average molecular weight is 814 g/mol. The number of phosphoric ester groups is 1. The molecule has 57 heavy (non-hydrogen) atoms. The second-order valence-corrected chi connectivity index (χ2v) is 14.9. The van der Waals surface area contributed by atoms with Crippen molar-refractivity contribution in [2.24, 2.45) is 5.73 Å². The summed E-state index contributed by atoms with van der Waals surface area (Å²) >= 11 is 0. The molecular weight excluding hydrogens is 737 g/mol. The predicted molar refractivity (Wildman–Crippen MR) is 238 cm³/mol. The number of carbonyl (C=O) groups excluding carboxylic acids is 2. The van der Waals surface area contributed by atoms with Gasteiger partial charge in [0, 0.05) is 19.4 Å². The summed E-state index contributed by atoms with van der Waals surface area (Å²) in [5.74, 6) is -0.974. The molecule has 0 spiro atoms. The maximum absolute atomic E-state index is 12.5. The predicted octanol–water partition coefficient (Wildman–Crippen LogP) is 12.4. The van der Waals surface area contributed by atoms with E-state index >= 15 is 0 Å². The summed E-state index contributed by atoms with van der Waals surface area (Å²) in [5.41, 5.74) is 5.34. The van der Waals surface area contributed by atoms with Crippen molar-refractivity contribution in [2.45, 2.75) is 148 Å². The lowest BCUT2D eigenvalue weighted by molar-refractivity contribution is -0.161. The molecule has 0 aromatic carbocycles. The SMILES string of the molecule is CCC/C=C/C/C=C/C/C=C/C/C=C/CCCCCC(=O)OC[C@H](COP(=O)(O)OCCN)OC(=O)CC/C=C/C/C=C/C/C=C/C/C=C/C/C=C/CCCCC. The monoisotopic (exact) mass is 814 g/mol. The van der Waals surface area contributed by atoms with Gasteiger partial charge in [0.1, 0.15) is 6.61 Å². The maximum atomic E-state index is 12.5. The van der Waals surface area contributed by atoms with Crippen LogP contribution in [0.25, 0.3) is 0 Å². The molecule has 10 heteroatoms. The molecule has 0 aromatic heterocycles. The van der Waals surface area contributed by atoms with E-state index in [-0.39, 0.29) is 32.6 Å². The van der Waals surface area contributed by atoms with Gasteiger partial charge >= 0.3 is 19.8 Å². The molecule has 0 fully saturated rings. The van der Waals surface area contributed by atoms with Gasteiger partial charge in [0.15, 0.2) is 6.10 Å². The summed E-state index contributed by atoms with van der Waals surface area (Å²) in [5, 5.41) is 0. The fraction of sp³-hybridized carbons (Fsp3) is 0.574. The van der Waals surface area contributed by atoms with E-state index in [0.717, 1.165) is 70.6 Å². The topological polar surface area (TPSA) is 134 Å². The van der Waals surface area contributed by atoms with Crippen LogP contribution in [-0.4, -0.2) is 49.3 Å². The van der Waals surface area contributed by atoms with E-state index in [1.165, 1.54) is 32.1 Å². The molecule has 0 aliphatic carbocycles. The molecular formula is C47H76NO8P. The van der Waals surface area contributed by atoms with Crippen LogP contribution >= 0.6 is 7.82 Å². The van der Waals surface area contributed by atoms with Gasteiger partial charge in [0.25, 0.3) is 0 Å². The lowest BCUT2D eigenvalue weighted by Gasteiger charge is -2.19. The Hall–Kier alpha value is -3.33. The van der Waals surface area contributed by atoms with Crippen LogP contribution in [0.3, 0.4) is 0 Å². The Morgan fingerprint density at radius 3 is 1.46 bits per heavy atom. The smallest absolute Gasteiger partial charge is 0.462 e. The van der Waals surface area contributed by atoms with Crippen molar-refractivity contribution in [2.75, 3.05) is 26.4 Å². The number of hydrogen-bond acceptors (Lipinski definition) is 8. The van der Waals surface area contributed by atoms with Crippen LogP contribution < -0.4 is 5.73 Å². The van der Waals surface area contributed by atoms with Gasteiger partial charge in [0.2, 0.25) is 0 Å². The zero-order valence-electron chi connectivity index (χ0n) is 35.3. The number of carbonyl (C=O) groups is 2. The third-order valence-electron chi connectivity index (χ3n) is 8.13. The summed E-state index contributed by atoms with van der Waals surface area (Å²) in [4.78, 5) is 34.8. The summed E-state index contributed by atoms with van der Waals surface area (Å²) in [6.45, 7) is 3.48. The van der Waals surface area contributed by atoms with E-state index in [1.54, 1.807) is 0 Å². The number of phosphoric acid groups is 1. The molecule has 0 saturated heterocycles. The Morgan fingerprint density at radius 2 is 0.982 bits per heavy atom. The van der Waals surface area contributed by atoms with E-state index in [0.29, 0.717) is 12.8 Å². The second kappa shape index (κ2) is 42.3. The fourth-order valence-corrected chi connectivity index (χ4v) is 5.72. The molecule has 0 bridgehead atoms. The van der Waals surface area contributed by atoms with Crippen LogP contribution in [0.15, 0.2) is 109 Å². The molecule has 0 radical (unpaired) electrons. The van der Waals surface area contributed by atoms with Gasteiger partial charge in [-0.3, -0.25) is 18.6 Å². The average Bonchev–Trinajstić information content (AvgIpc) is 3.20. The molecule has 0 aliphatic rings. The molecule has 0 aliphatic heterocycles. The first kappa shape index (κ1) is 53.7. The molecule has 0 heterocycles. The lowest BCUT2D eigenvalue weighted by Crippen LogP contribution is -2.29. The van der Waals surface area contributed by atoms with Gasteiger partial charge in [-0.15, -0.1) is 0 Å². The fourth-order valence-electron chi connectivity index (χ4n) is 4.96. The number of unbranched alkanes of at least 4 members (excludes halogenated alkanes) is 7. The number of ether oxygens (including phenoxy) is 2. The molecule has 322 valence electrons. The zero-order valence-corrected chi connectivity index (χ0v) is 36.2. The van der Waals surface area contributed by atoms with Gasteiger partial charge in [-0.2, -0.15) is 0 Å². The molecule has 0 rings (SSSR count). The van der Waals surface area contributed by atoms with Crippen molar-refractivity contribution < 1.29 is 37.6 Å². The van der Waals surface area contributed by atoms with Crippen molar-refractivity contribution in [3.63, 3.8) is 0 Å². The van der Waals surface area contributed by atoms with Crippen LogP contribution in [0.2, 0.25) is 0 Å². The van der Waals surface area contributed by atoms with Gasteiger partial charge < -0.3 is 20.1 Å². The number of hydrogen-bond donors (Lipinski definition) is 2. The molecule has 0 aromatic rings. The Kier molecular flexibility index (Phi) is 39.8. The molecule has 1 unspecified atom stereocenters. The summed E-state index contributed by atoms with van der Waals surface area (Å²) < 4.78 is 32.6. The highest BCUT2D eigenvalue weighted by atomic mass is 31.2. The minimum Gasteiger partial charge on any atom is -0.462 e. The number of rotatable bonds is 38. The highest BCUT2D eigenvalue weighted by Gasteiger charge is 2.25. The summed E-state index contributed by atoms with van der Waals surface area (Å²) in [6, 6.07) is 0. The highest BCUT2D eigenvalue weighted by molar-refractivity contribution is 7.47. The third-order valence-corrected chi connectivity index (χ3v) is 9.11. The van der Waals surface area contributed by atoms with E-state index in [9.17, 15) is 19.0 Å². The molecule has 3 N–H and O–H groups in total. The largest absolute Gasteiger partial charge is 0.472 e. The van der Waals surface area contributed by atoms with Crippen LogP contribution in [0.5, 0.6) is 0 Å². The molecule has 0 amide bonds. The van der Waals surface area contributed by atoms with E-state index in [2.05, 4.69) is 111 Å². The first-order valence-electron chi connectivity index (χ1n) is 21.4. The Labute approximate surface area is 346 Å². The van der Waals surface area contributed by atoms with Gasteiger partial charge in [0.05, 0.1) is 13.2 Å². The molecule has 9 nitrogen and oxygen atoms in total. The van der Waals surface area contributed by atoms with Crippen LogP contribution in [0.4, 0.5) is 0 Å². The zero-order chi connectivity index (χ0) is 41.8. The lowest BCUT2D eigenvalue weighted by atomic mass is 10.1. The van der Waals surface area contributed by atoms with E-state index in [1.807, 2.05) is 12.2 Å². The first-order valence-corrected chi connectivity index (χ1v) is 22.9. The van der Waals surface area contributed by atoms with Crippen molar-refractivity contribution >= 4 is 19.8 Å². The Bertz CT molecular complexity index is 1290. The normalized spacial score (nSPS) is 14.4. The number of nitrogens with two attached hydrogens (primary N) is 1. The Balaban J connectivity index is 4.38.